The van der Waals surface area contributed by atoms with Crippen molar-refractivity contribution in [3.8, 4) is 11.5 Å². The molecule has 17 heavy (non-hydrogen) atoms. The first kappa shape index (κ1) is 11.5. The number of aryl methyl sites for hydroxylation is 2. The molecule has 2 nitrogen and oxygen atoms in total. The summed E-state index contributed by atoms with van der Waals surface area (Å²) in [4.78, 5) is 0. The molecule has 2 rings (SSSR count). The standard InChI is InChI=1S/C15H17NO/c1-10-6-4-8-13(12(10)3)17-14-9-5-7-11(2)15(14)16/h4-9H,16H2,1-3H3. The van der Waals surface area contributed by atoms with Crippen LogP contribution in [-0.2, 0) is 0 Å². The Morgan fingerprint density at radius 2 is 1.41 bits per heavy atom. The van der Waals surface area contributed by atoms with E-state index in [9.17, 15) is 0 Å². The molecule has 0 atom stereocenters. The van der Waals surface area contributed by atoms with E-state index in [1.807, 2.05) is 37.3 Å². The lowest BCUT2D eigenvalue weighted by molar-refractivity contribution is 0.480. The van der Waals surface area contributed by atoms with Crippen molar-refractivity contribution >= 4 is 5.69 Å². The van der Waals surface area contributed by atoms with Crippen LogP contribution >= 0.6 is 0 Å². The van der Waals surface area contributed by atoms with Gasteiger partial charge in [-0.05, 0) is 49.6 Å². The van der Waals surface area contributed by atoms with E-state index in [4.69, 9.17) is 10.5 Å². The third-order valence-electron chi connectivity index (χ3n) is 3.06. The van der Waals surface area contributed by atoms with Crippen molar-refractivity contribution < 1.29 is 4.74 Å². The van der Waals surface area contributed by atoms with Gasteiger partial charge < -0.3 is 10.5 Å². The van der Waals surface area contributed by atoms with E-state index in [-0.39, 0.29) is 0 Å². The predicted molar refractivity (Wildman–Crippen MR) is 71.6 cm³/mol. The third-order valence-corrected chi connectivity index (χ3v) is 3.06. The van der Waals surface area contributed by atoms with E-state index in [1.54, 1.807) is 0 Å². The van der Waals surface area contributed by atoms with Gasteiger partial charge in [-0.25, -0.2) is 0 Å². The molecule has 0 aliphatic rings. The van der Waals surface area contributed by atoms with Crippen molar-refractivity contribution in [2.45, 2.75) is 20.8 Å². The highest BCUT2D eigenvalue weighted by Gasteiger charge is 2.07. The van der Waals surface area contributed by atoms with Crippen LogP contribution in [0.15, 0.2) is 36.4 Å². The van der Waals surface area contributed by atoms with Crippen molar-refractivity contribution in [1.29, 1.82) is 0 Å². The summed E-state index contributed by atoms with van der Waals surface area (Å²) in [5.74, 6) is 1.58. The van der Waals surface area contributed by atoms with Crippen LogP contribution < -0.4 is 10.5 Å². The Balaban J connectivity index is 2.38. The lowest BCUT2D eigenvalue weighted by Crippen LogP contribution is -1.96. The van der Waals surface area contributed by atoms with Crippen molar-refractivity contribution in [3.05, 3.63) is 53.1 Å². The molecule has 0 saturated heterocycles. The van der Waals surface area contributed by atoms with Crippen LogP contribution in [0.3, 0.4) is 0 Å². The summed E-state index contributed by atoms with van der Waals surface area (Å²) in [6.45, 7) is 6.10. The van der Waals surface area contributed by atoms with E-state index in [0.29, 0.717) is 5.69 Å². The maximum atomic E-state index is 5.99. The minimum atomic E-state index is 0.702. The number of para-hydroxylation sites is 1. The molecule has 0 radical (unpaired) electrons. The Hall–Kier alpha value is -1.96. The van der Waals surface area contributed by atoms with Gasteiger partial charge in [0.25, 0.3) is 0 Å². The summed E-state index contributed by atoms with van der Waals surface area (Å²) in [6, 6.07) is 11.8. The number of hydrogen-bond acceptors (Lipinski definition) is 2. The van der Waals surface area contributed by atoms with Crippen molar-refractivity contribution in [3.63, 3.8) is 0 Å². The number of nitrogen functional groups attached to an aromatic ring is 1. The van der Waals surface area contributed by atoms with E-state index in [1.165, 1.54) is 5.56 Å². The number of nitrogens with two attached hydrogens (primary N) is 1. The molecule has 2 aromatic carbocycles. The summed E-state index contributed by atoms with van der Waals surface area (Å²) >= 11 is 0. The van der Waals surface area contributed by atoms with Crippen molar-refractivity contribution in [2.24, 2.45) is 0 Å². The van der Waals surface area contributed by atoms with Gasteiger partial charge in [-0.1, -0.05) is 24.3 Å². The molecular formula is C15H17NO. The SMILES string of the molecule is Cc1cccc(Oc2cccc(C)c2N)c1C. The van der Waals surface area contributed by atoms with Crippen LogP contribution in [0.5, 0.6) is 11.5 Å². The van der Waals surface area contributed by atoms with Crippen LogP contribution in [0.2, 0.25) is 0 Å². The van der Waals surface area contributed by atoms with E-state index >= 15 is 0 Å². The largest absolute Gasteiger partial charge is 0.455 e. The molecule has 2 aromatic rings. The molecule has 0 saturated carbocycles. The fourth-order valence-corrected chi connectivity index (χ4v) is 1.70. The lowest BCUT2D eigenvalue weighted by Gasteiger charge is -2.13. The average Bonchev–Trinajstić information content (AvgIpc) is 2.31. The fourth-order valence-electron chi connectivity index (χ4n) is 1.70. The zero-order valence-corrected chi connectivity index (χ0v) is 10.4. The van der Waals surface area contributed by atoms with Crippen LogP contribution in [0.1, 0.15) is 16.7 Å². The zero-order chi connectivity index (χ0) is 12.4. The van der Waals surface area contributed by atoms with Gasteiger partial charge in [-0.15, -0.1) is 0 Å². The minimum absolute atomic E-state index is 0.702. The van der Waals surface area contributed by atoms with Gasteiger partial charge in [0.1, 0.15) is 5.75 Å². The second kappa shape index (κ2) is 4.50. The second-order valence-electron chi connectivity index (χ2n) is 4.29. The molecule has 0 aromatic heterocycles. The molecule has 0 heterocycles. The Labute approximate surface area is 102 Å². The van der Waals surface area contributed by atoms with E-state index in [0.717, 1.165) is 22.6 Å². The van der Waals surface area contributed by atoms with Gasteiger partial charge in [0, 0.05) is 0 Å². The fraction of sp³-hybridized carbons (Fsp3) is 0.200. The van der Waals surface area contributed by atoms with Gasteiger partial charge in [-0.2, -0.15) is 0 Å². The van der Waals surface area contributed by atoms with Crippen LogP contribution in [0.4, 0.5) is 5.69 Å². The Bertz CT molecular complexity index is 497. The summed E-state index contributed by atoms with van der Waals surface area (Å²) < 4.78 is 5.88. The maximum Gasteiger partial charge on any atom is 0.150 e. The highest BCUT2D eigenvalue weighted by atomic mass is 16.5. The van der Waals surface area contributed by atoms with Gasteiger partial charge in [-0.3, -0.25) is 0 Å². The number of rotatable bonds is 2. The molecule has 0 amide bonds. The van der Waals surface area contributed by atoms with Gasteiger partial charge in [0.15, 0.2) is 5.75 Å². The average molecular weight is 227 g/mol. The molecule has 0 spiro atoms. The van der Waals surface area contributed by atoms with Gasteiger partial charge in [0.05, 0.1) is 5.69 Å². The normalized spacial score (nSPS) is 10.3. The molecule has 0 aliphatic carbocycles. The number of benzene rings is 2. The van der Waals surface area contributed by atoms with Crippen molar-refractivity contribution in [2.75, 3.05) is 5.73 Å². The van der Waals surface area contributed by atoms with Crippen LogP contribution in [0, 0.1) is 20.8 Å². The number of anilines is 1. The molecular weight excluding hydrogens is 210 g/mol. The molecule has 2 heteroatoms. The molecule has 0 unspecified atom stereocenters. The van der Waals surface area contributed by atoms with Gasteiger partial charge >= 0.3 is 0 Å². The molecule has 88 valence electrons. The predicted octanol–water partition coefficient (Wildman–Crippen LogP) is 3.99. The lowest BCUT2D eigenvalue weighted by atomic mass is 10.1. The molecule has 0 fully saturated rings. The number of hydrogen-bond donors (Lipinski definition) is 1. The summed E-state index contributed by atoms with van der Waals surface area (Å²) in [5, 5.41) is 0. The zero-order valence-electron chi connectivity index (χ0n) is 10.4. The van der Waals surface area contributed by atoms with E-state index in [2.05, 4.69) is 19.9 Å². The highest BCUT2D eigenvalue weighted by Crippen LogP contribution is 2.32. The Kier molecular flexibility index (Phi) is 3.05. The smallest absolute Gasteiger partial charge is 0.150 e. The quantitative estimate of drug-likeness (QED) is 0.787. The molecule has 0 aliphatic heterocycles. The number of ether oxygens (including phenoxy) is 1. The summed E-state index contributed by atoms with van der Waals surface area (Å²) in [7, 11) is 0. The first-order valence-electron chi connectivity index (χ1n) is 5.68. The van der Waals surface area contributed by atoms with Gasteiger partial charge in [0.2, 0.25) is 0 Å². The monoisotopic (exact) mass is 227 g/mol. The van der Waals surface area contributed by atoms with Crippen molar-refractivity contribution in [1.82, 2.24) is 0 Å². The topological polar surface area (TPSA) is 35.2 Å². The highest BCUT2D eigenvalue weighted by molar-refractivity contribution is 5.59. The second-order valence-corrected chi connectivity index (χ2v) is 4.29. The van der Waals surface area contributed by atoms with E-state index < -0.39 is 0 Å². The molecule has 0 bridgehead atoms. The first-order valence-corrected chi connectivity index (χ1v) is 5.68. The van der Waals surface area contributed by atoms with Crippen LogP contribution in [-0.4, -0.2) is 0 Å². The maximum absolute atomic E-state index is 5.99. The third kappa shape index (κ3) is 2.26. The minimum Gasteiger partial charge on any atom is -0.455 e. The first-order chi connectivity index (χ1) is 8.09. The summed E-state index contributed by atoms with van der Waals surface area (Å²) in [6.07, 6.45) is 0. The Morgan fingerprint density at radius 3 is 2.12 bits per heavy atom. The summed E-state index contributed by atoms with van der Waals surface area (Å²) in [5.41, 5.74) is 10.1. The Morgan fingerprint density at radius 1 is 0.824 bits per heavy atom. The molecule has 2 N–H and O–H groups in total. The van der Waals surface area contributed by atoms with Crippen LogP contribution in [0.25, 0.3) is 0 Å².